The van der Waals surface area contributed by atoms with Crippen LogP contribution >= 0.6 is 0 Å². The Hall–Kier alpha value is -3.67. The van der Waals surface area contributed by atoms with E-state index in [2.05, 4.69) is 5.32 Å². The Morgan fingerprint density at radius 1 is 1.00 bits per heavy atom. The molecule has 5 nitrogen and oxygen atoms in total. The Balaban J connectivity index is 1.52. The number of fused-ring (bicyclic) bond motifs is 1. The molecule has 0 saturated heterocycles. The van der Waals surface area contributed by atoms with Crippen molar-refractivity contribution in [3.63, 3.8) is 0 Å². The van der Waals surface area contributed by atoms with Crippen LogP contribution in [-0.2, 0) is 11.2 Å². The van der Waals surface area contributed by atoms with E-state index in [0.29, 0.717) is 23.6 Å². The monoisotopic (exact) mass is 458 g/mol. The first-order valence-corrected chi connectivity index (χ1v) is 11.7. The minimum Gasteiger partial charge on any atom is -0.493 e. The number of nitrogens with zero attached hydrogens (tertiary/aromatic N) is 1. The highest BCUT2D eigenvalue weighted by Gasteiger charge is 2.30. The molecular formula is C28H27FN2O3. The number of carbonyl (C=O) groups is 1. The van der Waals surface area contributed by atoms with E-state index in [1.165, 1.54) is 18.9 Å². The van der Waals surface area contributed by atoms with Gasteiger partial charge in [0.1, 0.15) is 11.9 Å². The first kappa shape index (κ1) is 22.1. The van der Waals surface area contributed by atoms with E-state index in [-0.39, 0.29) is 17.7 Å². The van der Waals surface area contributed by atoms with E-state index in [9.17, 15) is 9.18 Å². The zero-order valence-electron chi connectivity index (χ0n) is 19.1. The van der Waals surface area contributed by atoms with Gasteiger partial charge in [-0.25, -0.2) is 4.39 Å². The lowest BCUT2D eigenvalue weighted by atomic mass is 9.89. The van der Waals surface area contributed by atoms with Gasteiger partial charge in [0.25, 0.3) is 0 Å². The second-order valence-electron chi connectivity index (χ2n) is 8.72. The molecule has 34 heavy (non-hydrogen) atoms. The second kappa shape index (κ2) is 9.67. The van der Waals surface area contributed by atoms with Gasteiger partial charge in [0.05, 0.1) is 24.6 Å². The summed E-state index contributed by atoms with van der Waals surface area (Å²) < 4.78 is 26.1. The molecule has 3 aromatic carbocycles. The summed E-state index contributed by atoms with van der Waals surface area (Å²) in [5.74, 6) is 0.522. The van der Waals surface area contributed by atoms with Gasteiger partial charge < -0.3 is 14.8 Å². The van der Waals surface area contributed by atoms with Crippen molar-refractivity contribution in [2.24, 2.45) is 4.99 Å². The van der Waals surface area contributed by atoms with Crippen LogP contribution in [0.15, 0.2) is 71.7 Å². The third-order valence-electron chi connectivity index (χ3n) is 6.42. The molecular weight excluding hydrogens is 431 g/mol. The van der Waals surface area contributed by atoms with Gasteiger partial charge in [-0.3, -0.25) is 9.79 Å². The van der Waals surface area contributed by atoms with Crippen molar-refractivity contribution >= 4 is 17.3 Å². The maximum absolute atomic E-state index is 14.1. The summed E-state index contributed by atoms with van der Waals surface area (Å²) in [6, 6.07) is 19.1. The molecule has 0 bridgehead atoms. The second-order valence-corrected chi connectivity index (χ2v) is 8.72. The molecule has 0 aromatic heterocycles. The molecule has 1 amide bonds. The number of anilines is 1. The highest BCUT2D eigenvalue weighted by Crippen LogP contribution is 2.37. The van der Waals surface area contributed by atoms with Crippen LogP contribution in [0, 0.1) is 5.82 Å². The molecule has 1 aliphatic carbocycles. The molecule has 174 valence electrons. The number of ether oxygens (including phenoxy) is 2. The van der Waals surface area contributed by atoms with Crippen LogP contribution < -0.4 is 14.8 Å². The third-order valence-corrected chi connectivity index (χ3v) is 6.42. The molecule has 1 saturated carbocycles. The van der Waals surface area contributed by atoms with Gasteiger partial charge in [0.15, 0.2) is 11.5 Å². The van der Waals surface area contributed by atoms with E-state index in [0.717, 1.165) is 29.5 Å². The maximum atomic E-state index is 14.1. The Bertz CT molecular complexity index is 1220. The number of hydrogen-bond donors (Lipinski definition) is 1. The van der Waals surface area contributed by atoms with E-state index >= 15 is 0 Å². The third kappa shape index (κ3) is 4.53. The number of benzene rings is 3. The summed E-state index contributed by atoms with van der Waals surface area (Å²) in [7, 11) is 1.63. The summed E-state index contributed by atoms with van der Waals surface area (Å²) in [5.41, 5.74) is 3.63. The fourth-order valence-corrected chi connectivity index (χ4v) is 4.66. The summed E-state index contributed by atoms with van der Waals surface area (Å²) >= 11 is 0. The van der Waals surface area contributed by atoms with Crippen molar-refractivity contribution in [1.82, 2.24) is 0 Å². The molecule has 1 aliphatic heterocycles. The Morgan fingerprint density at radius 3 is 2.47 bits per heavy atom. The molecule has 1 unspecified atom stereocenters. The highest BCUT2D eigenvalue weighted by atomic mass is 19.1. The summed E-state index contributed by atoms with van der Waals surface area (Å²) in [6.07, 6.45) is 4.96. The van der Waals surface area contributed by atoms with Crippen LogP contribution in [0.1, 0.15) is 42.4 Å². The first-order chi connectivity index (χ1) is 16.6. The summed E-state index contributed by atoms with van der Waals surface area (Å²) in [5, 5.41) is 2.70. The number of nitrogens with one attached hydrogen (secondary N) is 1. The maximum Gasteiger partial charge on any atom is 0.249 e. The highest BCUT2D eigenvalue weighted by molar-refractivity contribution is 6.16. The number of halogens is 1. The van der Waals surface area contributed by atoms with Crippen molar-refractivity contribution in [1.29, 1.82) is 0 Å². The lowest BCUT2D eigenvalue weighted by molar-refractivity contribution is -0.117. The molecule has 6 heteroatoms. The van der Waals surface area contributed by atoms with Crippen molar-refractivity contribution in [2.75, 3.05) is 12.4 Å². The number of rotatable bonds is 6. The quantitative estimate of drug-likeness (QED) is 0.526. The minimum absolute atomic E-state index is 0.148. The van der Waals surface area contributed by atoms with Crippen molar-refractivity contribution in [3.8, 4) is 11.5 Å². The normalized spacial score (nSPS) is 17.6. The van der Waals surface area contributed by atoms with Crippen LogP contribution in [-0.4, -0.2) is 30.9 Å². The molecule has 1 heterocycles. The van der Waals surface area contributed by atoms with E-state index < -0.39 is 11.9 Å². The number of methoxy groups -OCH3 is 1. The van der Waals surface area contributed by atoms with Crippen molar-refractivity contribution in [3.05, 3.63) is 89.2 Å². The topological polar surface area (TPSA) is 59.9 Å². The number of carbonyl (C=O) groups excluding carboxylic acids is 1. The van der Waals surface area contributed by atoms with Crippen LogP contribution in [0.25, 0.3) is 0 Å². The summed E-state index contributed by atoms with van der Waals surface area (Å²) in [4.78, 5) is 18.0. The van der Waals surface area contributed by atoms with Gasteiger partial charge >= 0.3 is 0 Å². The number of hydrogen-bond acceptors (Lipinski definition) is 4. The number of para-hydroxylation sites is 1. The number of aliphatic imine (C=N–C) groups is 1. The Morgan fingerprint density at radius 2 is 1.74 bits per heavy atom. The molecule has 0 radical (unpaired) electrons. The Kier molecular flexibility index (Phi) is 6.30. The van der Waals surface area contributed by atoms with Gasteiger partial charge in [0.2, 0.25) is 5.91 Å². The van der Waals surface area contributed by atoms with Crippen LogP contribution in [0.2, 0.25) is 0 Å². The van der Waals surface area contributed by atoms with Gasteiger partial charge in [-0.15, -0.1) is 0 Å². The van der Waals surface area contributed by atoms with Crippen molar-refractivity contribution < 1.29 is 18.7 Å². The van der Waals surface area contributed by atoms with Gasteiger partial charge in [-0.05, 0) is 55.5 Å². The van der Waals surface area contributed by atoms with E-state index in [4.69, 9.17) is 14.5 Å². The molecule has 5 rings (SSSR count). The van der Waals surface area contributed by atoms with Gasteiger partial charge in [-0.1, -0.05) is 42.5 Å². The van der Waals surface area contributed by atoms with E-state index in [1.54, 1.807) is 25.3 Å². The zero-order chi connectivity index (χ0) is 23.5. The summed E-state index contributed by atoms with van der Waals surface area (Å²) in [6.45, 7) is 0. The fraction of sp³-hybridized carbons (Fsp3) is 0.286. The SMILES string of the molecule is COc1cc2c(cc1OC1CCCC1)CC(C(=O)Nc1ccccc1F)N=C2c1ccccc1. The average Bonchev–Trinajstić information content (AvgIpc) is 3.38. The lowest BCUT2D eigenvalue weighted by Gasteiger charge is -2.26. The minimum atomic E-state index is -0.699. The zero-order valence-corrected chi connectivity index (χ0v) is 19.1. The molecule has 3 aromatic rings. The lowest BCUT2D eigenvalue weighted by Crippen LogP contribution is -2.33. The predicted octanol–water partition coefficient (Wildman–Crippen LogP) is 5.56. The average molecular weight is 459 g/mol. The largest absolute Gasteiger partial charge is 0.493 e. The van der Waals surface area contributed by atoms with Crippen molar-refractivity contribution in [2.45, 2.75) is 44.2 Å². The smallest absolute Gasteiger partial charge is 0.249 e. The van der Waals surface area contributed by atoms with E-state index in [1.807, 2.05) is 42.5 Å². The van der Waals surface area contributed by atoms with Gasteiger partial charge in [0, 0.05) is 17.5 Å². The molecule has 1 N–H and O–H groups in total. The van der Waals surface area contributed by atoms with Crippen LogP contribution in [0.3, 0.4) is 0 Å². The van der Waals surface area contributed by atoms with Gasteiger partial charge in [-0.2, -0.15) is 0 Å². The Labute approximate surface area is 198 Å². The predicted molar refractivity (Wildman–Crippen MR) is 130 cm³/mol. The number of amides is 1. The molecule has 2 aliphatic rings. The molecule has 1 fully saturated rings. The first-order valence-electron chi connectivity index (χ1n) is 11.7. The standard InChI is InChI=1S/C28H27FN2O3/c1-33-25-17-21-19(16-26(25)34-20-11-5-6-12-20)15-24(30-27(21)18-9-3-2-4-10-18)28(32)31-23-14-8-7-13-22(23)29/h2-4,7-10,13-14,16-17,20,24H,5-6,11-12,15H2,1H3,(H,31,32). The molecule has 1 atom stereocenters. The van der Waals surface area contributed by atoms with Crippen LogP contribution in [0.4, 0.5) is 10.1 Å². The van der Waals surface area contributed by atoms with Crippen LogP contribution in [0.5, 0.6) is 11.5 Å². The molecule has 0 spiro atoms. The fourth-order valence-electron chi connectivity index (χ4n) is 4.66.